The van der Waals surface area contributed by atoms with Crippen LogP contribution in [0.5, 0.6) is 0 Å². The van der Waals surface area contributed by atoms with Gasteiger partial charge in [-0.3, -0.25) is 4.68 Å². The highest BCUT2D eigenvalue weighted by atomic mass is 35.5. The summed E-state index contributed by atoms with van der Waals surface area (Å²) in [4.78, 5) is 8.16. The zero-order valence-electron chi connectivity index (χ0n) is 14.4. The lowest BCUT2D eigenvalue weighted by atomic mass is 10.0. The molecule has 0 saturated heterocycles. The van der Waals surface area contributed by atoms with Crippen LogP contribution in [0.15, 0.2) is 36.9 Å². The van der Waals surface area contributed by atoms with Crippen LogP contribution >= 0.6 is 11.6 Å². The summed E-state index contributed by atoms with van der Waals surface area (Å²) in [7, 11) is -1.44. The molecule has 6 nitrogen and oxygen atoms in total. The first-order valence-electron chi connectivity index (χ1n) is 7.82. The van der Waals surface area contributed by atoms with Crippen molar-refractivity contribution in [3.8, 4) is 22.5 Å². The van der Waals surface area contributed by atoms with Crippen LogP contribution in [0.4, 0.5) is 10.1 Å². The molecule has 0 bridgehead atoms. The maximum absolute atomic E-state index is 15.1. The van der Waals surface area contributed by atoms with E-state index in [1.807, 2.05) is 20.0 Å². The van der Waals surface area contributed by atoms with Crippen molar-refractivity contribution in [3.63, 3.8) is 0 Å². The molecule has 2 aromatic heterocycles. The number of anilines is 1. The molecule has 1 aromatic carbocycles. The van der Waals surface area contributed by atoms with Crippen molar-refractivity contribution in [2.24, 2.45) is 0 Å². The maximum Gasteiger partial charge on any atom is 0.156 e. The number of hydrogen-bond donors (Lipinski definition) is 1. The van der Waals surface area contributed by atoms with Crippen molar-refractivity contribution in [2.45, 2.75) is 19.9 Å². The molecule has 0 fully saturated rings. The molecule has 0 aliphatic heterocycles. The minimum Gasteiger partial charge on any atom is -0.302 e. The van der Waals surface area contributed by atoms with Crippen LogP contribution in [0, 0.1) is 5.82 Å². The molecule has 1 N–H and O–H groups in total. The molecule has 2 heterocycles. The van der Waals surface area contributed by atoms with Crippen LogP contribution in [0.2, 0.25) is 5.02 Å². The highest BCUT2D eigenvalue weighted by Gasteiger charge is 2.21. The van der Waals surface area contributed by atoms with E-state index in [0.717, 1.165) is 0 Å². The summed E-state index contributed by atoms with van der Waals surface area (Å²) in [6.45, 7) is 3.95. The highest BCUT2D eigenvalue weighted by Crippen LogP contribution is 2.36. The number of nitrogens with one attached hydrogen (secondary N) is 1. The second kappa shape index (κ2) is 7.51. The van der Waals surface area contributed by atoms with Crippen LogP contribution < -0.4 is 4.72 Å². The van der Waals surface area contributed by atoms with Gasteiger partial charge in [0, 0.05) is 40.8 Å². The van der Waals surface area contributed by atoms with E-state index in [0.29, 0.717) is 22.0 Å². The van der Waals surface area contributed by atoms with Crippen LogP contribution in [0.3, 0.4) is 0 Å². The lowest BCUT2D eigenvalue weighted by Crippen LogP contribution is -2.05. The Bertz CT molecular complexity index is 961. The highest BCUT2D eigenvalue weighted by molar-refractivity contribution is 7.85. The molecule has 0 aliphatic rings. The van der Waals surface area contributed by atoms with Crippen molar-refractivity contribution in [2.75, 3.05) is 11.0 Å². The molecule has 9 heteroatoms. The minimum atomic E-state index is -1.44. The Morgan fingerprint density at radius 2 is 2.08 bits per heavy atom. The molecule has 136 valence electrons. The first-order valence-corrected chi connectivity index (χ1v) is 9.75. The molecule has 3 rings (SSSR count). The van der Waals surface area contributed by atoms with E-state index >= 15 is 4.39 Å². The van der Waals surface area contributed by atoms with Crippen molar-refractivity contribution in [1.82, 2.24) is 19.7 Å². The normalized spacial score (nSPS) is 12.4. The standard InChI is InChI=1S/C17H17ClFN5OS/c1-10(2)24-8-13(14-4-5-20-9-21-14)17(22-24)12-6-11(18)7-15(16(12)19)23-26(3)25/h4-10,23H,1-3H3. The van der Waals surface area contributed by atoms with Gasteiger partial charge in [-0.25, -0.2) is 18.6 Å². The van der Waals surface area contributed by atoms with E-state index in [4.69, 9.17) is 11.6 Å². The first-order chi connectivity index (χ1) is 12.4. The topological polar surface area (TPSA) is 72.7 Å². The van der Waals surface area contributed by atoms with Gasteiger partial charge in [0.15, 0.2) is 5.82 Å². The van der Waals surface area contributed by atoms with Gasteiger partial charge >= 0.3 is 0 Å². The smallest absolute Gasteiger partial charge is 0.156 e. The molecule has 3 aromatic rings. The van der Waals surface area contributed by atoms with E-state index in [-0.39, 0.29) is 17.3 Å². The summed E-state index contributed by atoms with van der Waals surface area (Å²) in [6.07, 6.45) is 6.27. The fourth-order valence-corrected chi connectivity index (χ4v) is 3.16. The Morgan fingerprint density at radius 1 is 1.31 bits per heavy atom. The van der Waals surface area contributed by atoms with Crippen molar-refractivity contribution in [3.05, 3.63) is 47.8 Å². The molecule has 26 heavy (non-hydrogen) atoms. The fraction of sp³-hybridized carbons (Fsp3) is 0.235. The molecular weight excluding hydrogens is 377 g/mol. The third-order valence-electron chi connectivity index (χ3n) is 3.67. The van der Waals surface area contributed by atoms with Gasteiger partial charge in [0.25, 0.3) is 0 Å². The van der Waals surface area contributed by atoms with Crippen molar-refractivity contribution in [1.29, 1.82) is 0 Å². The Morgan fingerprint density at radius 3 is 2.69 bits per heavy atom. The lowest BCUT2D eigenvalue weighted by Gasteiger charge is -2.10. The molecular formula is C17H17ClFN5OS. The summed E-state index contributed by atoms with van der Waals surface area (Å²) in [6, 6.07) is 4.70. The number of halogens is 2. The minimum absolute atomic E-state index is 0.0565. The first kappa shape index (κ1) is 18.5. The van der Waals surface area contributed by atoms with Crippen molar-refractivity contribution >= 4 is 28.3 Å². The van der Waals surface area contributed by atoms with E-state index in [1.165, 1.54) is 24.7 Å². The van der Waals surface area contributed by atoms with Gasteiger partial charge < -0.3 is 4.72 Å². The maximum atomic E-state index is 15.1. The van der Waals surface area contributed by atoms with E-state index in [1.54, 1.807) is 16.9 Å². The molecule has 0 radical (unpaired) electrons. The number of aromatic nitrogens is 4. The number of benzene rings is 1. The second-order valence-corrected chi connectivity index (χ2v) is 7.48. The van der Waals surface area contributed by atoms with Crippen LogP contribution in [0.25, 0.3) is 22.5 Å². The van der Waals surface area contributed by atoms with Gasteiger partial charge in [-0.1, -0.05) is 11.6 Å². The molecule has 0 saturated carbocycles. The largest absolute Gasteiger partial charge is 0.302 e. The van der Waals surface area contributed by atoms with Crippen LogP contribution in [-0.4, -0.2) is 30.2 Å². The molecule has 1 atom stereocenters. The number of hydrogen-bond acceptors (Lipinski definition) is 4. The SMILES string of the molecule is CC(C)n1cc(-c2ccncn2)c(-c2cc(Cl)cc(NS(C)=O)c2F)n1. The van der Waals surface area contributed by atoms with Crippen molar-refractivity contribution < 1.29 is 8.60 Å². The average Bonchev–Trinajstić information content (AvgIpc) is 3.03. The molecule has 0 aliphatic carbocycles. The number of nitrogens with zero attached hydrogens (tertiary/aromatic N) is 4. The molecule has 1 unspecified atom stereocenters. The Labute approximate surface area is 158 Å². The summed E-state index contributed by atoms with van der Waals surface area (Å²) in [5.41, 5.74) is 1.95. The Kier molecular flexibility index (Phi) is 5.33. The zero-order valence-corrected chi connectivity index (χ0v) is 16.0. The Hall–Kier alpha value is -2.32. The van der Waals surface area contributed by atoms with E-state index in [2.05, 4.69) is 19.8 Å². The molecule has 0 spiro atoms. The second-order valence-electron chi connectivity index (χ2n) is 5.93. The monoisotopic (exact) mass is 393 g/mol. The van der Waals surface area contributed by atoms with Crippen LogP contribution in [-0.2, 0) is 11.0 Å². The summed E-state index contributed by atoms with van der Waals surface area (Å²) in [5.74, 6) is -0.575. The fourth-order valence-electron chi connectivity index (χ4n) is 2.48. The lowest BCUT2D eigenvalue weighted by molar-refractivity contribution is 0.533. The van der Waals surface area contributed by atoms with Gasteiger partial charge in [0.05, 0.1) is 11.4 Å². The average molecular weight is 394 g/mol. The van der Waals surface area contributed by atoms with Gasteiger partial charge in [-0.05, 0) is 32.0 Å². The van der Waals surface area contributed by atoms with Crippen LogP contribution in [0.1, 0.15) is 19.9 Å². The third-order valence-corrected chi connectivity index (χ3v) is 4.39. The van der Waals surface area contributed by atoms with Gasteiger partial charge in [-0.2, -0.15) is 5.10 Å². The summed E-state index contributed by atoms with van der Waals surface area (Å²) in [5, 5.41) is 4.84. The van der Waals surface area contributed by atoms with E-state index in [9.17, 15) is 4.21 Å². The summed E-state index contributed by atoms with van der Waals surface area (Å²) >= 11 is 6.16. The molecule has 0 amide bonds. The van der Waals surface area contributed by atoms with E-state index < -0.39 is 16.8 Å². The Balaban J connectivity index is 2.24. The quantitative estimate of drug-likeness (QED) is 0.708. The predicted molar refractivity (Wildman–Crippen MR) is 102 cm³/mol. The predicted octanol–water partition coefficient (Wildman–Crippen LogP) is 4.09. The van der Waals surface area contributed by atoms with Gasteiger partial charge in [0.1, 0.15) is 23.0 Å². The number of rotatable bonds is 5. The third kappa shape index (κ3) is 3.76. The summed E-state index contributed by atoms with van der Waals surface area (Å²) < 4.78 is 30.8. The van der Waals surface area contributed by atoms with Gasteiger partial charge in [0.2, 0.25) is 0 Å². The zero-order chi connectivity index (χ0) is 18.8. The van der Waals surface area contributed by atoms with Gasteiger partial charge in [-0.15, -0.1) is 0 Å².